The molecular weight excluding hydrogens is 172 g/mol. The largest absolute Gasteiger partial charge is 0.480 e. The van der Waals surface area contributed by atoms with Gasteiger partial charge in [0.25, 0.3) is 0 Å². The van der Waals surface area contributed by atoms with Crippen LogP contribution in [0.4, 0.5) is 0 Å². The molecule has 72 valence electrons. The van der Waals surface area contributed by atoms with Crippen LogP contribution in [0.25, 0.3) is 0 Å². The molecule has 0 aromatic carbocycles. The number of carboxylic acids is 2. The molecule has 4 heteroatoms. The highest BCUT2D eigenvalue weighted by Crippen LogP contribution is 2.47. The van der Waals surface area contributed by atoms with Crippen LogP contribution in [0.1, 0.15) is 26.7 Å². The first-order valence-electron chi connectivity index (χ1n) is 4.02. The minimum atomic E-state index is -1.55. The topological polar surface area (TPSA) is 74.6 Å². The zero-order valence-electron chi connectivity index (χ0n) is 7.63. The molecule has 1 aliphatic rings. The van der Waals surface area contributed by atoms with Gasteiger partial charge in [0.1, 0.15) is 0 Å². The van der Waals surface area contributed by atoms with E-state index in [2.05, 4.69) is 0 Å². The van der Waals surface area contributed by atoms with Crippen molar-refractivity contribution in [2.75, 3.05) is 0 Å². The van der Waals surface area contributed by atoms with Crippen LogP contribution in [0.5, 0.6) is 0 Å². The summed E-state index contributed by atoms with van der Waals surface area (Å²) in [5, 5.41) is 17.5. The number of rotatable bonds is 2. The van der Waals surface area contributed by atoms with Crippen molar-refractivity contribution in [3.05, 3.63) is 11.1 Å². The molecule has 0 saturated heterocycles. The Kier molecular flexibility index (Phi) is 2.15. The van der Waals surface area contributed by atoms with Gasteiger partial charge in [0.2, 0.25) is 0 Å². The zero-order valence-corrected chi connectivity index (χ0v) is 7.63. The van der Waals surface area contributed by atoms with Gasteiger partial charge in [-0.3, -0.25) is 9.59 Å². The van der Waals surface area contributed by atoms with Crippen molar-refractivity contribution < 1.29 is 19.8 Å². The van der Waals surface area contributed by atoms with E-state index in [9.17, 15) is 9.59 Å². The molecule has 0 unspecified atom stereocenters. The van der Waals surface area contributed by atoms with Crippen molar-refractivity contribution in [1.29, 1.82) is 0 Å². The molecule has 0 amide bonds. The van der Waals surface area contributed by atoms with E-state index in [-0.39, 0.29) is 12.8 Å². The van der Waals surface area contributed by atoms with E-state index in [0.717, 1.165) is 11.1 Å². The van der Waals surface area contributed by atoms with Crippen LogP contribution in [-0.2, 0) is 9.59 Å². The van der Waals surface area contributed by atoms with Crippen molar-refractivity contribution in [1.82, 2.24) is 0 Å². The predicted octanol–water partition coefficient (Wildman–Crippen LogP) is 1.27. The van der Waals surface area contributed by atoms with Crippen molar-refractivity contribution in [3.63, 3.8) is 0 Å². The summed E-state index contributed by atoms with van der Waals surface area (Å²) in [6, 6.07) is 0. The van der Waals surface area contributed by atoms with Gasteiger partial charge in [0, 0.05) is 0 Å². The maximum absolute atomic E-state index is 10.7. The third kappa shape index (κ3) is 1.32. The molecule has 13 heavy (non-hydrogen) atoms. The highest BCUT2D eigenvalue weighted by atomic mass is 16.4. The van der Waals surface area contributed by atoms with Crippen LogP contribution in [0.2, 0.25) is 0 Å². The second-order valence-corrected chi connectivity index (χ2v) is 3.65. The van der Waals surface area contributed by atoms with Gasteiger partial charge >= 0.3 is 11.9 Å². The molecule has 1 rings (SSSR count). The van der Waals surface area contributed by atoms with Gasteiger partial charge < -0.3 is 10.2 Å². The lowest BCUT2D eigenvalue weighted by molar-refractivity contribution is -0.168. The average Bonchev–Trinajstić information content (AvgIpc) is 1.80. The SMILES string of the molecule is CC(C)=C1CC(C(=O)O)(C(=O)O)C1. The van der Waals surface area contributed by atoms with Gasteiger partial charge in [-0.15, -0.1) is 0 Å². The highest BCUT2D eigenvalue weighted by Gasteiger charge is 2.54. The quantitative estimate of drug-likeness (QED) is 0.500. The summed E-state index contributed by atoms with van der Waals surface area (Å²) in [5.41, 5.74) is 0.426. The number of allylic oxidation sites excluding steroid dienone is 2. The van der Waals surface area contributed by atoms with Crippen molar-refractivity contribution >= 4 is 11.9 Å². The Balaban J connectivity index is 2.88. The van der Waals surface area contributed by atoms with Crippen molar-refractivity contribution in [2.45, 2.75) is 26.7 Å². The molecule has 0 spiro atoms. The Hall–Kier alpha value is -1.32. The van der Waals surface area contributed by atoms with Gasteiger partial charge in [-0.05, 0) is 26.7 Å². The van der Waals surface area contributed by atoms with E-state index < -0.39 is 17.4 Å². The average molecular weight is 184 g/mol. The highest BCUT2D eigenvalue weighted by molar-refractivity contribution is 6.00. The second-order valence-electron chi connectivity index (χ2n) is 3.65. The molecule has 0 bridgehead atoms. The van der Waals surface area contributed by atoms with Gasteiger partial charge in [-0.25, -0.2) is 0 Å². The minimum Gasteiger partial charge on any atom is -0.480 e. The number of carboxylic acid groups (broad SMARTS) is 2. The molecule has 1 aliphatic carbocycles. The van der Waals surface area contributed by atoms with Crippen LogP contribution in [-0.4, -0.2) is 22.2 Å². The number of hydrogen-bond donors (Lipinski definition) is 2. The minimum absolute atomic E-state index is 0.153. The van der Waals surface area contributed by atoms with E-state index in [0.29, 0.717) is 0 Å². The summed E-state index contributed by atoms with van der Waals surface area (Å²) in [4.78, 5) is 21.4. The Morgan fingerprint density at radius 2 is 1.54 bits per heavy atom. The van der Waals surface area contributed by atoms with Crippen LogP contribution in [0.3, 0.4) is 0 Å². The van der Waals surface area contributed by atoms with E-state index in [1.54, 1.807) is 0 Å². The van der Waals surface area contributed by atoms with Crippen LogP contribution in [0, 0.1) is 5.41 Å². The first kappa shape index (κ1) is 9.77. The smallest absolute Gasteiger partial charge is 0.321 e. The Morgan fingerprint density at radius 3 is 1.77 bits per heavy atom. The number of aliphatic carboxylic acids is 2. The Morgan fingerprint density at radius 1 is 1.15 bits per heavy atom. The lowest BCUT2D eigenvalue weighted by Crippen LogP contribution is -2.46. The fraction of sp³-hybridized carbons (Fsp3) is 0.556. The Bertz CT molecular complexity index is 273. The first-order chi connectivity index (χ1) is 5.90. The Labute approximate surface area is 75.9 Å². The van der Waals surface area contributed by atoms with E-state index >= 15 is 0 Å². The van der Waals surface area contributed by atoms with Crippen LogP contribution >= 0.6 is 0 Å². The second kappa shape index (κ2) is 2.87. The molecule has 1 fully saturated rings. The molecule has 1 saturated carbocycles. The van der Waals surface area contributed by atoms with Crippen LogP contribution in [0.15, 0.2) is 11.1 Å². The molecule has 0 radical (unpaired) electrons. The van der Waals surface area contributed by atoms with Crippen molar-refractivity contribution in [2.24, 2.45) is 5.41 Å². The summed E-state index contributed by atoms with van der Waals surface area (Å²) in [6.07, 6.45) is 0.306. The summed E-state index contributed by atoms with van der Waals surface area (Å²) < 4.78 is 0. The maximum atomic E-state index is 10.7. The maximum Gasteiger partial charge on any atom is 0.321 e. The van der Waals surface area contributed by atoms with Gasteiger partial charge in [-0.2, -0.15) is 0 Å². The van der Waals surface area contributed by atoms with Crippen LogP contribution < -0.4 is 0 Å². The van der Waals surface area contributed by atoms with E-state index in [4.69, 9.17) is 10.2 Å². The van der Waals surface area contributed by atoms with Gasteiger partial charge in [0.05, 0.1) is 0 Å². The zero-order chi connectivity index (χ0) is 10.2. The number of hydrogen-bond acceptors (Lipinski definition) is 2. The fourth-order valence-corrected chi connectivity index (χ4v) is 1.42. The molecular formula is C9H12O4. The monoisotopic (exact) mass is 184 g/mol. The molecule has 4 nitrogen and oxygen atoms in total. The molecule has 0 aromatic heterocycles. The summed E-state index contributed by atoms with van der Waals surface area (Å²) in [5.74, 6) is -2.46. The first-order valence-corrected chi connectivity index (χ1v) is 4.02. The summed E-state index contributed by atoms with van der Waals surface area (Å²) in [6.45, 7) is 3.73. The van der Waals surface area contributed by atoms with E-state index in [1.165, 1.54) is 0 Å². The molecule has 0 aromatic rings. The molecule has 0 heterocycles. The summed E-state index contributed by atoms with van der Waals surface area (Å²) in [7, 11) is 0. The van der Waals surface area contributed by atoms with E-state index in [1.807, 2.05) is 13.8 Å². The van der Waals surface area contributed by atoms with Gasteiger partial charge in [-0.1, -0.05) is 11.1 Å². The molecule has 2 N–H and O–H groups in total. The van der Waals surface area contributed by atoms with Gasteiger partial charge in [0.15, 0.2) is 5.41 Å². The predicted molar refractivity (Wildman–Crippen MR) is 45.3 cm³/mol. The third-order valence-corrected chi connectivity index (χ3v) is 2.56. The van der Waals surface area contributed by atoms with Crippen molar-refractivity contribution in [3.8, 4) is 0 Å². The lowest BCUT2D eigenvalue weighted by Gasteiger charge is -2.37. The molecule has 0 atom stereocenters. The fourth-order valence-electron chi connectivity index (χ4n) is 1.42. The lowest BCUT2D eigenvalue weighted by atomic mass is 9.64. The molecule has 0 aliphatic heterocycles. The third-order valence-electron chi connectivity index (χ3n) is 2.56. The summed E-state index contributed by atoms with van der Waals surface area (Å²) >= 11 is 0. The number of carbonyl (C=O) groups is 2. The standard InChI is InChI=1S/C9H12O4/c1-5(2)6-3-9(4-6,7(10)11)8(12)13/h3-4H2,1-2H3,(H,10,11)(H,12,13). The normalized spacial score (nSPS) is 19.1.